The van der Waals surface area contributed by atoms with Gasteiger partial charge in [-0.05, 0) is 44.2 Å². The van der Waals surface area contributed by atoms with Crippen molar-refractivity contribution in [2.24, 2.45) is 0 Å². The van der Waals surface area contributed by atoms with Crippen LogP contribution in [-0.2, 0) is 11.3 Å². The predicted octanol–water partition coefficient (Wildman–Crippen LogP) is 2.34. The van der Waals surface area contributed by atoms with Crippen molar-refractivity contribution in [1.82, 2.24) is 10.3 Å². The summed E-state index contributed by atoms with van der Waals surface area (Å²) in [5, 5.41) is 3.52. The number of anilines is 1. The van der Waals surface area contributed by atoms with E-state index in [-0.39, 0.29) is 0 Å². The van der Waals surface area contributed by atoms with Crippen LogP contribution in [0.3, 0.4) is 0 Å². The van der Waals surface area contributed by atoms with E-state index in [1.54, 1.807) is 0 Å². The van der Waals surface area contributed by atoms with Crippen molar-refractivity contribution in [2.75, 3.05) is 24.6 Å². The lowest BCUT2D eigenvalue weighted by Gasteiger charge is -2.25. The SMILES string of the molecule is CCN(CC1CCCO1)c1ccc(CNC2CC2)cn1. The average molecular weight is 275 g/mol. The second kappa shape index (κ2) is 6.55. The monoisotopic (exact) mass is 275 g/mol. The summed E-state index contributed by atoms with van der Waals surface area (Å²) >= 11 is 0. The second-order valence-electron chi connectivity index (χ2n) is 5.85. The van der Waals surface area contributed by atoms with E-state index in [0.29, 0.717) is 6.10 Å². The zero-order chi connectivity index (χ0) is 13.8. The highest BCUT2D eigenvalue weighted by atomic mass is 16.5. The Hall–Kier alpha value is -1.13. The zero-order valence-corrected chi connectivity index (χ0v) is 12.3. The van der Waals surface area contributed by atoms with Gasteiger partial charge in [0.15, 0.2) is 0 Å². The van der Waals surface area contributed by atoms with Gasteiger partial charge in [-0.3, -0.25) is 0 Å². The third kappa shape index (κ3) is 3.70. The topological polar surface area (TPSA) is 37.4 Å². The number of hydrogen-bond acceptors (Lipinski definition) is 4. The molecular formula is C16H25N3O. The van der Waals surface area contributed by atoms with E-state index in [2.05, 4.69) is 34.3 Å². The molecule has 3 rings (SSSR count). The number of aromatic nitrogens is 1. The van der Waals surface area contributed by atoms with Crippen LogP contribution in [0, 0.1) is 0 Å². The smallest absolute Gasteiger partial charge is 0.128 e. The Kier molecular flexibility index (Phi) is 4.53. The average Bonchev–Trinajstić information content (AvgIpc) is 3.18. The van der Waals surface area contributed by atoms with Gasteiger partial charge in [0, 0.05) is 38.5 Å². The molecule has 0 aromatic carbocycles. The molecule has 1 saturated heterocycles. The van der Waals surface area contributed by atoms with E-state index < -0.39 is 0 Å². The zero-order valence-electron chi connectivity index (χ0n) is 12.3. The van der Waals surface area contributed by atoms with E-state index in [1.165, 1.54) is 31.2 Å². The third-order valence-corrected chi connectivity index (χ3v) is 4.14. The van der Waals surface area contributed by atoms with Crippen molar-refractivity contribution in [3.8, 4) is 0 Å². The maximum absolute atomic E-state index is 5.72. The van der Waals surface area contributed by atoms with Gasteiger partial charge in [0.2, 0.25) is 0 Å². The maximum Gasteiger partial charge on any atom is 0.128 e. The van der Waals surface area contributed by atoms with E-state index in [1.807, 2.05) is 6.20 Å². The van der Waals surface area contributed by atoms with Gasteiger partial charge in [-0.25, -0.2) is 4.98 Å². The molecule has 1 aliphatic carbocycles. The van der Waals surface area contributed by atoms with Gasteiger partial charge in [0.25, 0.3) is 0 Å². The summed E-state index contributed by atoms with van der Waals surface area (Å²) in [5.74, 6) is 1.07. The van der Waals surface area contributed by atoms with Gasteiger partial charge in [0.1, 0.15) is 5.82 Å². The molecule has 0 bridgehead atoms. The normalized spacial score (nSPS) is 22.1. The largest absolute Gasteiger partial charge is 0.376 e. The fourth-order valence-corrected chi connectivity index (χ4v) is 2.68. The maximum atomic E-state index is 5.72. The summed E-state index contributed by atoms with van der Waals surface area (Å²) in [4.78, 5) is 6.93. The minimum Gasteiger partial charge on any atom is -0.376 e. The quantitative estimate of drug-likeness (QED) is 0.829. The molecule has 1 saturated carbocycles. The first-order valence-corrected chi connectivity index (χ1v) is 7.90. The van der Waals surface area contributed by atoms with Crippen molar-refractivity contribution >= 4 is 5.82 Å². The molecule has 0 radical (unpaired) electrons. The molecule has 1 atom stereocenters. The van der Waals surface area contributed by atoms with Crippen LogP contribution in [0.15, 0.2) is 18.3 Å². The Morgan fingerprint density at radius 2 is 2.25 bits per heavy atom. The first-order valence-electron chi connectivity index (χ1n) is 7.90. The van der Waals surface area contributed by atoms with Crippen LogP contribution in [0.4, 0.5) is 5.82 Å². The lowest BCUT2D eigenvalue weighted by molar-refractivity contribution is 0.115. The highest BCUT2D eigenvalue weighted by Gasteiger charge is 2.21. The molecule has 1 unspecified atom stereocenters. The molecule has 1 aromatic heterocycles. The molecule has 20 heavy (non-hydrogen) atoms. The first kappa shape index (κ1) is 13.8. The van der Waals surface area contributed by atoms with Crippen LogP contribution in [0.5, 0.6) is 0 Å². The Balaban J connectivity index is 1.55. The van der Waals surface area contributed by atoms with E-state index >= 15 is 0 Å². The summed E-state index contributed by atoms with van der Waals surface area (Å²) in [6.07, 6.45) is 7.42. The van der Waals surface area contributed by atoms with Crippen LogP contribution >= 0.6 is 0 Å². The Morgan fingerprint density at radius 3 is 2.85 bits per heavy atom. The van der Waals surface area contributed by atoms with Gasteiger partial charge in [-0.1, -0.05) is 6.07 Å². The standard InChI is InChI=1S/C16H25N3O/c1-2-19(12-15-4-3-9-20-15)16-8-5-13(11-18-16)10-17-14-6-7-14/h5,8,11,14-15,17H,2-4,6-7,9-10,12H2,1H3. The molecule has 110 valence electrons. The molecule has 1 aliphatic heterocycles. The van der Waals surface area contributed by atoms with Crippen LogP contribution in [0.25, 0.3) is 0 Å². The highest BCUT2D eigenvalue weighted by molar-refractivity contribution is 5.39. The number of pyridine rings is 1. The minimum absolute atomic E-state index is 0.382. The van der Waals surface area contributed by atoms with Crippen LogP contribution in [0.1, 0.15) is 38.2 Å². The molecule has 1 aromatic rings. The van der Waals surface area contributed by atoms with Gasteiger partial charge < -0.3 is 15.0 Å². The van der Waals surface area contributed by atoms with Crippen molar-refractivity contribution in [1.29, 1.82) is 0 Å². The molecule has 0 spiro atoms. The second-order valence-corrected chi connectivity index (χ2v) is 5.85. The lowest BCUT2D eigenvalue weighted by atomic mass is 10.2. The Morgan fingerprint density at radius 1 is 1.35 bits per heavy atom. The summed E-state index contributed by atoms with van der Waals surface area (Å²) in [6, 6.07) is 5.08. The summed E-state index contributed by atoms with van der Waals surface area (Å²) in [7, 11) is 0. The van der Waals surface area contributed by atoms with Crippen LogP contribution in [-0.4, -0.2) is 36.8 Å². The number of nitrogens with zero attached hydrogens (tertiary/aromatic N) is 2. The molecule has 0 amide bonds. The summed E-state index contributed by atoms with van der Waals surface area (Å²) in [6.45, 7) is 5.98. The van der Waals surface area contributed by atoms with E-state index in [4.69, 9.17) is 4.74 Å². The van der Waals surface area contributed by atoms with Crippen molar-refractivity contribution in [3.05, 3.63) is 23.9 Å². The van der Waals surface area contributed by atoms with E-state index in [0.717, 1.165) is 38.1 Å². The molecule has 2 aliphatic rings. The number of hydrogen-bond donors (Lipinski definition) is 1. The molecule has 2 fully saturated rings. The van der Waals surface area contributed by atoms with Crippen molar-refractivity contribution in [3.63, 3.8) is 0 Å². The van der Waals surface area contributed by atoms with E-state index in [9.17, 15) is 0 Å². The molecule has 4 heteroatoms. The summed E-state index contributed by atoms with van der Waals surface area (Å²) < 4.78 is 5.72. The minimum atomic E-state index is 0.382. The van der Waals surface area contributed by atoms with Gasteiger partial charge in [0.05, 0.1) is 6.10 Å². The molecule has 4 nitrogen and oxygen atoms in total. The molecule has 2 heterocycles. The van der Waals surface area contributed by atoms with Gasteiger partial charge >= 0.3 is 0 Å². The number of likely N-dealkylation sites (N-methyl/N-ethyl adjacent to an activating group) is 1. The lowest BCUT2D eigenvalue weighted by Crippen LogP contribution is -2.32. The first-order chi connectivity index (χ1) is 9.85. The number of rotatable bonds is 7. The van der Waals surface area contributed by atoms with Crippen LogP contribution in [0.2, 0.25) is 0 Å². The Labute approximate surface area is 121 Å². The number of nitrogens with one attached hydrogen (secondary N) is 1. The van der Waals surface area contributed by atoms with Crippen LogP contribution < -0.4 is 10.2 Å². The fourth-order valence-electron chi connectivity index (χ4n) is 2.68. The predicted molar refractivity (Wildman–Crippen MR) is 81.0 cm³/mol. The molecule has 1 N–H and O–H groups in total. The third-order valence-electron chi connectivity index (χ3n) is 4.14. The molecular weight excluding hydrogens is 250 g/mol. The van der Waals surface area contributed by atoms with Gasteiger partial charge in [-0.15, -0.1) is 0 Å². The Bertz CT molecular complexity index is 410. The van der Waals surface area contributed by atoms with Gasteiger partial charge in [-0.2, -0.15) is 0 Å². The fraction of sp³-hybridized carbons (Fsp3) is 0.688. The van der Waals surface area contributed by atoms with Crippen molar-refractivity contribution in [2.45, 2.75) is 51.3 Å². The number of ether oxygens (including phenoxy) is 1. The van der Waals surface area contributed by atoms with Crippen molar-refractivity contribution < 1.29 is 4.74 Å². The summed E-state index contributed by atoms with van der Waals surface area (Å²) in [5.41, 5.74) is 1.27. The highest BCUT2D eigenvalue weighted by Crippen LogP contribution is 2.20.